The van der Waals surface area contributed by atoms with Gasteiger partial charge in [-0.05, 0) is 66.9 Å². The normalized spacial score (nSPS) is 11.6. The van der Waals surface area contributed by atoms with Crippen LogP contribution in [0.4, 0.5) is 5.69 Å². The maximum Gasteiger partial charge on any atom is 0.248 e. The van der Waals surface area contributed by atoms with E-state index in [1.165, 1.54) is 12.3 Å². The maximum absolute atomic E-state index is 12.8. The molecule has 0 bridgehead atoms. The molecule has 1 N–H and O–H groups in total. The second-order valence-electron chi connectivity index (χ2n) is 8.94. The first-order valence-corrected chi connectivity index (χ1v) is 12.2. The lowest BCUT2D eigenvalue weighted by molar-refractivity contribution is -0.111. The molecule has 0 unspecified atom stereocenters. The molecule has 4 aromatic carbocycles. The molecule has 1 aromatic heterocycles. The molecule has 0 fully saturated rings. The molecule has 5 heteroatoms. The quantitative estimate of drug-likeness (QED) is 0.186. The molecular weight excluding hydrogens is 462 g/mol. The third-order valence-electron chi connectivity index (χ3n) is 6.35. The number of amides is 1. The van der Waals surface area contributed by atoms with E-state index in [0.717, 1.165) is 33.0 Å². The van der Waals surface area contributed by atoms with Crippen LogP contribution in [0.5, 0.6) is 5.75 Å². The fourth-order valence-corrected chi connectivity index (χ4v) is 4.49. The summed E-state index contributed by atoms with van der Waals surface area (Å²) in [5.41, 5.74) is 5.41. The average Bonchev–Trinajstić information content (AvgIpc) is 3.31. The number of allylic oxidation sites excluding steroid dienone is 1. The molecule has 0 saturated carbocycles. The van der Waals surface area contributed by atoms with Crippen molar-refractivity contribution < 1.29 is 18.7 Å². The van der Waals surface area contributed by atoms with E-state index in [-0.39, 0.29) is 11.7 Å². The number of Topliss-reactive ketones (excluding diaryl/α,β-unsaturated/α-hetero) is 1. The Labute approximate surface area is 215 Å². The molecule has 5 aromatic rings. The molecule has 184 valence electrons. The number of carbonyl (C=O) groups excluding carboxylic acids is 2. The Hall–Kier alpha value is -4.64. The fraction of sp³-hybridized carbons (Fsp3) is 0.125. The van der Waals surface area contributed by atoms with Gasteiger partial charge in [-0.25, -0.2) is 0 Å². The van der Waals surface area contributed by atoms with Gasteiger partial charge in [-0.1, -0.05) is 48.5 Å². The third kappa shape index (κ3) is 5.02. The summed E-state index contributed by atoms with van der Waals surface area (Å²) in [6.07, 6.45) is 3.31. The topological polar surface area (TPSA) is 68.5 Å². The summed E-state index contributed by atoms with van der Waals surface area (Å²) >= 11 is 0. The molecule has 5 rings (SSSR count). The van der Waals surface area contributed by atoms with Gasteiger partial charge in [0.1, 0.15) is 11.3 Å². The van der Waals surface area contributed by atoms with Gasteiger partial charge < -0.3 is 14.5 Å². The molecule has 0 aliphatic carbocycles. The number of ketones is 1. The van der Waals surface area contributed by atoms with Crippen LogP contribution in [0.15, 0.2) is 95.6 Å². The van der Waals surface area contributed by atoms with Gasteiger partial charge in [0.2, 0.25) is 5.91 Å². The molecule has 37 heavy (non-hydrogen) atoms. The van der Waals surface area contributed by atoms with Crippen molar-refractivity contribution in [2.75, 3.05) is 11.9 Å². The Morgan fingerprint density at radius 1 is 0.919 bits per heavy atom. The van der Waals surface area contributed by atoms with Crippen molar-refractivity contribution in [2.45, 2.75) is 20.8 Å². The predicted molar refractivity (Wildman–Crippen MR) is 149 cm³/mol. The van der Waals surface area contributed by atoms with E-state index in [1.807, 2.05) is 38.1 Å². The third-order valence-corrected chi connectivity index (χ3v) is 6.35. The Balaban J connectivity index is 1.52. The van der Waals surface area contributed by atoms with Crippen LogP contribution in [-0.2, 0) is 4.79 Å². The minimum atomic E-state index is -0.289. The van der Waals surface area contributed by atoms with Crippen molar-refractivity contribution in [1.29, 1.82) is 0 Å². The highest BCUT2D eigenvalue weighted by molar-refractivity contribution is 6.06. The molecule has 1 heterocycles. The molecule has 0 atom stereocenters. The predicted octanol–water partition coefficient (Wildman–Crippen LogP) is 7.90. The average molecular weight is 490 g/mol. The number of hydrogen-bond acceptors (Lipinski definition) is 4. The summed E-state index contributed by atoms with van der Waals surface area (Å²) in [5.74, 6) is 0.303. The molecular formula is C32H27NO4. The van der Waals surface area contributed by atoms with Gasteiger partial charge in [-0.15, -0.1) is 0 Å². The number of anilines is 1. The lowest BCUT2D eigenvalue weighted by Crippen LogP contribution is -2.09. The smallest absolute Gasteiger partial charge is 0.248 e. The van der Waals surface area contributed by atoms with Gasteiger partial charge >= 0.3 is 0 Å². The molecule has 1 amide bonds. The number of benzene rings is 4. The monoisotopic (exact) mass is 489 g/mol. The van der Waals surface area contributed by atoms with Gasteiger partial charge in [0.05, 0.1) is 12.9 Å². The number of furan rings is 1. The van der Waals surface area contributed by atoms with Crippen LogP contribution in [0, 0.1) is 0 Å². The number of rotatable bonds is 7. The molecule has 0 aliphatic heterocycles. The number of fused-ring (bicyclic) bond motifs is 2. The molecule has 0 saturated heterocycles. The van der Waals surface area contributed by atoms with Gasteiger partial charge in [-0.2, -0.15) is 0 Å². The highest BCUT2D eigenvalue weighted by Crippen LogP contribution is 2.38. The van der Waals surface area contributed by atoms with Crippen molar-refractivity contribution in [2.24, 2.45) is 0 Å². The van der Waals surface area contributed by atoms with Crippen LogP contribution in [0.3, 0.4) is 0 Å². The van der Waals surface area contributed by atoms with Crippen molar-refractivity contribution >= 4 is 44.7 Å². The van der Waals surface area contributed by atoms with Crippen LogP contribution < -0.4 is 10.1 Å². The number of carbonyl (C=O) groups is 2. The number of ether oxygens (including phenoxy) is 1. The fourth-order valence-electron chi connectivity index (χ4n) is 4.49. The molecule has 0 aliphatic rings. The van der Waals surface area contributed by atoms with Gasteiger partial charge in [0.25, 0.3) is 0 Å². The second-order valence-corrected chi connectivity index (χ2v) is 8.94. The lowest BCUT2D eigenvalue weighted by atomic mass is 9.97. The van der Waals surface area contributed by atoms with Crippen LogP contribution >= 0.6 is 0 Å². The Kier molecular flexibility index (Phi) is 6.60. The van der Waals surface area contributed by atoms with Crippen molar-refractivity contribution in [3.8, 4) is 16.9 Å². The van der Waals surface area contributed by atoms with E-state index in [2.05, 4.69) is 35.6 Å². The van der Waals surface area contributed by atoms with Gasteiger partial charge in [0.15, 0.2) is 5.78 Å². The van der Waals surface area contributed by atoms with Crippen molar-refractivity contribution in [1.82, 2.24) is 0 Å². The van der Waals surface area contributed by atoms with Crippen molar-refractivity contribution in [3.63, 3.8) is 0 Å². The standard InChI is InChI=1S/C32H27NO4/c1-4-36-30-18-31-28(29(19-37-31)25-13-12-22-8-5-6-9-24(22)15-25)17-27(30)20(2)14-32(35)33-26-11-7-10-23(16-26)21(3)34/h5-19H,4H2,1-3H3,(H,33,35)/b20-14+. The van der Waals surface area contributed by atoms with E-state index in [0.29, 0.717) is 29.2 Å². The number of hydrogen-bond donors (Lipinski definition) is 1. The first-order chi connectivity index (χ1) is 17.9. The summed E-state index contributed by atoms with van der Waals surface area (Å²) in [7, 11) is 0. The molecule has 5 nitrogen and oxygen atoms in total. The van der Waals surface area contributed by atoms with E-state index < -0.39 is 0 Å². The highest BCUT2D eigenvalue weighted by Gasteiger charge is 2.16. The maximum atomic E-state index is 12.8. The zero-order valence-electron chi connectivity index (χ0n) is 21.0. The minimum Gasteiger partial charge on any atom is -0.493 e. The Morgan fingerprint density at radius 2 is 1.73 bits per heavy atom. The summed E-state index contributed by atoms with van der Waals surface area (Å²) in [6, 6.07) is 25.4. The van der Waals surface area contributed by atoms with Crippen LogP contribution in [-0.4, -0.2) is 18.3 Å². The lowest BCUT2D eigenvalue weighted by Gasteiger charge is -2.12. The van der Waals surface area contributed by atoms with Gasteiger partial charge in [-0.3, -0.25) is 9.59 Å². The highest BCUT2D eigenvalue weighted by atomic mass is 16.5. The van der Waals surface area contributed by atoms with Crippen LogP contribution in [0.2, 0.25) is 0 Å². The van der Waals surface area contributed by atoms with Crippen LogP contribution in [0.1, 0.15) is 36.7 Å². The van der Waals surface area contributed by atoms with E-state index in [9.17, 15) is 9.59 Å². The summed E-state index contributed by atoms with van der Waals surface area (Å²) in [5, 5.41) is 6.12. The van der Waals surface area contributed by atoms with Crippen molar-refractivity contribution in [3.05, 3.63) is 102 Å². The Morgan fingerprint density at radius 3 is 2.51 bits per heavy atom. The number of nitrogens with one attached hydrogen (secondary N) is 1. The first kappa shape index (κ1) is 24.1. The van der Waals surface area contributed by atoms with Gasteiger partial charge in [0, 0.05) is 39.9 Å². The summed E-state index contributed by atoms with van der Waals surface area (Å²) in [6.45, 7) is 5.78. The summed E-state index contributed by atoms with van der Waals surface area (Å²) in [4.78, 5) is 24.5. The van der Waals surface area contributed by atoms with E-state index >= 15 is 0 Å². The van der Waals surface area contributed by atoms with E-state index in [1.54, 1.807) is 36.6 Å². The van der Waals surface area contributed by atoms with E-state index in [4.69, 9.17) is 9.15 Å². The second kappa shape index (κ2) is 10.2. The minimum absolute atomic E-state index is 0.0557. The zero-order valence-corrected chi connectivity index (χ0v) is 21.0. The largest absolute Gasteiger partial charge is 0.493 e. The SMILES string of the molecule is CCOc1cc2occ(-c3ccc4ccccc4c3)c2cc1/C(C)=C/C(=O)Nc1cccc(C(C)=O)c1. The Bertz CT molecular complexity index is 1680. The summed E-state index contributed by atoms with van der Waals surface area (Å²) < 4.78 is 11.8. The molecule has 0 spiro atoms. The zero-order chi connectivity index (χ0) is 25.9. The first-order valence-electron chi connectivity index (χ1n) is 12.2. The van der Waals surface area contributed by atoms with Crippen LogP contribution in [0.25, 0.3) is 38.4 Å². The molecule has 0 radical (unpaired) electrons.